The SMILES string of the molecule is COC/C=C\C=C\CCCCN. The number of methoxy groups -OCH3 is 1. The number of allylic oxidation sites excluding steroid dienone is 3. The van der Waals surface area contributed by atoms with Crippen LogP contribution in [0.1, 0.15) is 19.3 Å². The molecule has 0 saturated heterocycles. The summed E-state index contributed by atoms with van der Waals surface area (Å²) in [4.78, 5) is 0. The van der Waals surface area contributed by atoms with E-state index in [4.69, 9.17) is 10.5 Å². The Morgan fingerprint density at radius 1 is 1.17 bits per heavy atom. The van der Waals surface area contributed by atoms with E-state index < -0.39 is 0 Å². The van der Waals surface area contributed by atoms with E-state index in [9.17, 15) is 0 Å². The van der Waals surface area contributed by atoms with Gasteiger partial charge in [-0.1, -0.05) is 24.3 Å². The highest BCUT2D eigenvalue weighted by Gasteiger charge is 1.79. The summed E-state index contributed by atoms with van der Waals surface area (Å²) in [6, 6.07) is 0. The standard InChI is InChI=1S/C10H19NO/c1-12-10-8-6-4-2-3-5-7-9-11/h2,4,6,8H,3,5,7,9-11H2,1H3/b4-2+,8-6-. The molecule has 0 bridgehead atoms. The quantitative estimate of drug-likeness (QED) is 0.466. The lowest BCUT2D eigenvalue weighted by Crippen LogP contribution is -1.96. The van der Waals surface area contributed by atoms with Crippen molar-refractivity contribution in [1.82, 2.24) is 0 Å². The first-order chi connectivity index (χ1) is 5.91. The number of nitrogens with two attached hydrogens (primary N) is 1. The molecule has 0 aliphatic heterocycles. The van der Waals surface area contributed by atoms with Gasteiger partial charge in [0.05, 0.1) is 6.61 Å². The fourth-order valence-electron chi connectivity index (χ4n) is 0.812. The van der Waals surface area contributed by atoms with Crippen LogP contribution in [0.15, 0.2) is 24.3 Å². The van der Waals surface area contributed by atoms with E-state index in [0.717, 1.165) is 19.4 Å². The van der Waals surface area contributed by atoms with Crippen LogP contribution in [0.2, 0.25) is 0 Å². The Hall–Kier alpha value is -0.600. The molecular formula is C10H19NO. The molecule has 0 fully saturated rings. The third kappa shape index (κ3) is 9.40. The predicted octanol–water partition coefficient (Wildman–Crippen LogP) is 1.87. The van der Waals surface area contributed by atoms with Crippen LogP contribution in [0.25, 0.3) is 0 Å². The average Bonchev–Trinajstić information content (AvgIpc) is 2.10. The second-order valence-corrected chi connectivity index (χ2v) is 2.60. The molecule has 0 amide bonds. The maximum atomic E-state index is 5.35. The molecule has 0 spiro atoms. The van der Waals surface area contributed by atoms with Gasteiger partial charge >= 0.3 is 0 Å². The van der Waals surface area contributed by atoms with Crippen molar-refractivity contribution in [3.05, 3.63) is 24.3 Å². The van der Waals surface area contributed by atoms with Gasteiger partial charge in [-0.15, -0.1) is 0 Å². The molecular weight excluding hydrogens is 150 g/mol. The smallest absolute Gasteiger partial charge is 0.0646 e. The first-order valence-electron chi connectivity index (χ1n) is 4.42. The summed E-state index contributed by atoms with van der Waals surface area (Å²) in [5.74, 6) is 0. The van der Waals surface area contributed by atoms with Gasteiger partial charge in [0.15, 0.2) is 0 Å². The lowest BCUT2D eigenvalue weighted by atomic mass is 10.2. The molecule has 0 saturated carbocycles. The van der Waals surface area contributed by atoms with E-state index >= 15 is 0 Å². The van der Waals surface area contributed by atoms with Crippen molar-refractivity contribution in [2.75, 3.05) is 20.3 Å². The van der Waals surface area contributed by atoms with Crippen LogP contribution in [0, 0.1) is 0 Å². The zero-order valence-corrected chi connectivity index (χ0v) is 7.83. The van der Waals surface area contributed by atoms with Crippen molar-refractivity contribution in [1.29, 1.82) is 0 Å². The van der Waals surface area contributed by atoms with Crippen LogP contribution in [0.3, 0.4) is 0 Å². The molecule has 0 aromatic heterocycles. The lowest BCUT2D eigenvalue weighted by Gasteiger charge is -1.90. The predicted molar refractivity (Wildman–Crippen MR) is 53.1 cm³/mol. The van der Waals surface area contributed by atoms with Crippen molar-refractivity contribution in [2.45, 2.75) is 19.3 Å². The molecule has 2 N–H and O–H groups in total. The van der Waals surface area contributed by atoms with Crippen molar-refractivity contribution in [2.24, 2.45) is 5.73 Å². The molecule has 70 valence electrons. The first kappa shape index (κ1) is 11.4. The van der Waals surface area contributed by atoms with E-state index in [0.29, 0.717) is 6.61 Å². The summed E-state index contributed by atoms with van der Waals surface area (Å²) < 4.78 is 4.85. The fourth-order valence-corrected chi connectivity index (χ4v) is 0.812. The van der Waals surface area contributed by atoms with Crippen molar-refractivity contribution in [3.8, 4) is 0 Å². The molecule has 0 rings (SSSR count). The Bertz CT molecular complexity index is 130. The number of ether oxygens (including phenoxy) is 1. The van der Waals surface area contributed by atoms with E-state index in [-0.39, 0.29) is 0 Å². The molecule has 0 aromatic rings. The fraction of sp³-hybridized carbons (Fsp3) is 0.600. The van der Waals surface area contributed by atoms with E-state index in [1.165, 1.54) is 6.42 Å². The number of rotatable bonds is 7. The van der Waals surface area contributed by atoms with Gasteiger partial charge in [0.25, 0.3) is 0 Å². The lowest BCUT2D eigenvalue weighted by molar-refractivity contribution is 0.234. The summed E-state index contributed by atoms with van der Waals surface area (Å²) in [6.45, 7) is 1.49. The zero-order chi connectivity index (χ0) is 9.07. The van der Waals surface area contributed by atoms with Crippen LogP contribution in [0.4, 0.5) is 0 Å². The number of unbranched alkanes of at least 4 members (excludes halogenated alkanes) is 2. The van der Waals surface area contributed by atoms with E-state index in [1.807, 2.05) is 12.2 Å². The van der Waals surface area contributed by atoms with Gasteiger partial charge in [-0.2, -0.15) is 0 Å². The summed E-state index contributed by atoms with van der Waals surface area (Å²) >= 11 is 0. The number of hydrogen-bond donors (Lipinski definition) is 1. The minimum absolute atomic E-state index is 0.688. The third-order valence-electron chi connectivity index (χ3n) is 1.47. The molecule has 2 nitrogen and oxygen atoms in total. The Balaban J connectivity index is 3.13. The topological polar surface area (TPSA) is 35.2 Å². The van der Waals surface area contributed by atoms with Gasteiger partial charge in [0.2, 0.25) is 0 Å². The van der Waals surface area contributed by atoms with Crippen molar-refractivity contribution < 1.29 is 4.74 Å². The van der Waals surface area contributed by atoms with Crippen LogP contribution in [0.5, 0.6) is 0 Å². The van der Waals surface area contributed by atoms with Gasteiger partial charge in [0.1, 0.15) is 0 Å². The highest BCUT2D eigenvalue weighted by molar-refractivity contribution is 5.02. The molecule has 0 unspecified atom stereocenters. The highest BCUT2D eigenvalue weighted by Crippen LogP contribution is 1.94. The van der Waals surface area contributed by atoms with Gasteiger partial charge in [-0.25, -0.2) is 0 Å². The van der Waals surface area contributed by atoms with Crippen LogP contribution in [-0.4, -0.2) is 20.3 Å². The molecule has 0 aromatic carbocycles. The van der Waals surface area contributed by atoms with E-state index in [1.54, 1.807) is 7.11 Å². The molecule has 2 heteroatoms. The van der Waals surface area contributed by atoms with Crippen molar-refractivity contribution >= 4 is 0 Å². The van der Waals surface area contributed by atoms with Gasteiger partial charge < -0.3 is 10.5 Å². The van der Waals surface area contributed by atoms with Crippen LogP contribution in [-0.2, 0) is 4.74 Å². The molecule has 0 aliphatic carbocycles. The van der Waals surface area contributed by atoms with Gasteiger partial charge in [-0.05, 0) is 25.8 Å². The summed E-state index contributed by atoms with van der Waals surface area (Å²) in [5, 5.41) is 0. The molecule has 0 heterocycles. The average molecular weight is 169 g/mol. The van der Waals surface area contributed by atoms with Crippen LogP contribution >= 0.6 is 0 Å². The monoisotopic (exact) mass is 169 g/mol. The largest absolute Gasteiger partial charge is 0.381 e. The highest BCUT2D eigenvalue weighted by atomic mass is 16.5. The Kier molecular flexibility index (Phi) is 9.88. The second-order valence-electron chi connectivity index (χ2n) is 2.60. The minimum atomic E-state index is 0.688. The minimum Gasteiger partial charge on any atom is -0.381 e. The molecule has 12 heavy (non-hydrogen) atoms. The van der Waals surface area contributed by atoms with Gasteiger partial charge in [-0.3, -0.25) is 0 Å². The summed E-state index contributed by atoms with van der Waals surface area (Å²) in [7, 11) is 1.69. The second kappa shape index (κ2) is 10.4. The third-order valence-corrected chi connectivity index (χ3v) is 1.47. The van der Waals surface area contributed by atoms with E-state index in [2.05, 4.69) is 12.2 Å². The zero-order valence-electron chi connectivity index (χ0n) is 7.83. The Labute approximate surface area is 75.1 Å². The normalized spacial score (nSPS) is 11.8. The maximum Gasteiger partial charge on any atom is 0.0646 e. The molecule has 0 atom stereocenters. The Morgan fingerprint density at radius 3 is 2.58 bits per heavy atom. The van der Waals surface area contributed by atoms with Crippen LogP contribution < -0.4 is 5.73 Å². The molecule has 0 radical (unpaired) electrons. The summed E-state index contributed by atoms with van der Waals surface area (Å²) in [6.07, 6.45) is 11.6. The Morgan fingerprint density at radius 2 is 1.92 bits per heavy atom. The molecule has 0 aliphatic rings. The van der Waals surface area contributed by atoms with Gasteiger partial charge in [0, 0.05) is 7.11 Å². The number of hydrogen-bond acceptors (Lipinski definition) is 2. The van der Waals surface area contributed by atoms with Crippen molar-refractivity contribution in [3.63, 3.8) is 0 Å². The first-order valence-corrected chi connectivity index (χ1v) is 4.42. The maximum absolute atomic E-state index is 5.35. The summed E-state index contributed by atoms with van der Waals surface area (Å²) in [5.41, 5.74) is 5.35.